The molecule has 0 fully saturated rings. The van der Waals surface area contributed by atoms with E-state index in [0.29, 0.717) is 0 Å². The lowest BCUT2D eigenvalue weighted by Crippen LogP contribution is -2.22. The van der Waals surface area contributed by atoms with E-state index in [1.165, 1.54) is 0 Å². The number of benzene rings is 2. The molecule has 10 heteroatoms. The van der Waals surface area contributed by atoms with Gasteiger partial charge in [-0.25, -0.2) is 4.79 Å². The van der Waals surface area contributed by atoms with Gasteiger partial charge >= 0.3 is 18.0 Å². The van der Waals surface area contributed by atoms with Crippen LogP contribution in [0.15, 0.2) is 48.5 Å². The highest BCUT2D eigenvalue weighted by Crippen LogP contribution is 2.30. The van der Waals surface area contributed by atoms with Gasteiger partial charge in [0.15, 0.2) is 5.92 Å². The summed E-state index contributed by atoms with van der Waals surface area (Å²) in [5.41, 5.74) is -0.563. The number of ether oxygens (including phenoxy) is 1. The monoisotopic (exact) mass is 374 g/mol. The van der Waals surface area contributed by atoms with Crippen LogP contribution in [0.3, 0.4) is 0 Å². The fourth-order valence-electron chi connectivity index (χ4n) is 2.27. The van der Waals surface area contributed by atoms with Crippen LogP contribution in [0.5, 0.6) is 0 Å². The van der Waals surface area contributed by atoms with Crippen LogP contribution in [0.25, 0.3) is 0 Å². The highest BCUT2D eigenvalue weighted by molar-refractivity contribution is 6.00. The van der Waals surface area contributed by atoms with Crippen LogP contribution in [0, 0.1) is 10.1 Å². The molecule has 27 heavy (non-hydrogen) atoms. The molecule has 10 nitrogen and oxygen atoms in total. The predicted molar refractivity (Wildman–Crippen MR) is 91.4 cm³/mol. The maximum Gasteiger partial charge on any atom is 0.411 e. The first-order chi connectivity index (χ1) is 12.8. The zero-order valence-corrected chi connectivity index (χ0v) is 13.7. The first-order valence-corrected chi connectivity index (χ1v) is 7.51. The van der Waals surface area contributed by atoms with Gasteiger partial charge in [-0.1, -0.05) is 30.3 Å². The molecule has 0 aliphatic carbocycles. The Morgan fingerprint density at radius 2 is 1.70 bits per heavy atom. The lowest BCUT2D eigenvalue weighted by molar-refractivity contribution is -0.385. The van der Waals surface area contributed by atoms with Crippen LogP contribution < -0.4 is 5.32 Å². The van der Waals surface area contributed by atoms with Crippen molar-refractivity contribution in [1.29, 1.82) is 0 Å². The maximum absolute atomic E-state index is 11.8. The number of rotatable bonds is 7. The molecule has 0 spiro atoms. The Hall–Kier alpha value is -3.95. The summed E-state index contributed by atoms with van der Waals surface area (Å²) in [4.78, 5) is 44.3. The van der Waals surface area contributed by atoms with E-state index >= 15 is 0 Å². The summed E-state index contributed by atoms with van der Waals surface area (Å²) in [6, 6.07) is 11.8. The molecule has 0 radical (unpaired) electrons. The number of carbonyl (C=O) groups excluding carboxylic acids is 1. The van der Waals surface area contributed by atoms with Crippen LogP contribution in [0.2, 0.25) is 0 Å². The van der Waals surface area contributed by atoms with Gasteiger partial charge in [0.05, 0.1) is 16.2 Å². The van der Waals surface area contributed by atoms with E-state index < -0.39 is 40.1 Å². The number of carbonyl (C=O) groups is 3. The molecule has 2 rings (SSSR count). The third-order valence-corrected chi connectivity index (χ3v) is 3.49. The highest BCUT2D eigenvalue weighted by Gasteiger charge is 2.34. The van der Waals surface area contributed by atoms with Crippen molar-refractivity contribution >= 4 is 29.4 Å². The van der Waals surface area contributed by atoms with E-state index in [-0.39, 0.29) is 12.3 Å². The Bertz CT molecular complexity index is 868. The largest absolute Gasteiger partial charge is 0.480 e. The minimum atomic E-state index is -2.11. The Kier molecular flexibility index (Phi) is 6.05. The van der Waals surface area contributed by atoms with Gasteiger partial charge in [0, 0.05) is 6.07 Å². The van der Waals surface area contributed by atoms with E-state index in [9.17, 15) is 24.5 Å². The molecule has 0 aliphatic rings. The normalized spacial score (nSPS) is 10.3. The molecule has 2 aromatic carbocycles. The number of aliphatic carboxylic acids is 2. The maximum atomic E-state index is 11.8. The van der Waals surface area contributed by atoms with Crippen molar-refractivity contribution in [2.45, 2.75) is 12.5 Å². The van der Waals surface area contributed by atoms with Crippen molar-refractivity contribution in [1.82, 2.24) is 0 Å². The van der Waals surface area contributed by atoms with Crippen molar-refractivity contribution < 1.29 is 34.3 Å². The number of amides is 1. The summed E-state index contributed by atoms with van der Waals surface area (Å²) in [5, 5.41) is 31.5. The van der Waals surface area contributed by atoms with Crippen LogP contribution >= 0.6 is 0 Å². The number of carboxylic acids is 2. The van der Waals surface area contributed by atoms with E-state index in [0.717, 1.165) is 23.8 Å². The number of hydrogen-bond donors (Lipinski definition) is 3. The predicted octanol–water partition coefficient (Wildman–Crippen LogP) is 2.60. The summed E-state index contributed by atoms with van der Waals surface area (Å²) in [6.45, 7) is -0.0209. The second kappa shape index (κ2) is 8.43. The SMILES string of the molecule is O=C(Nc1ccc(C(C(=O)O)C(=O)O)c([N+](=O)[O-])c1)OCc1ccccc1. The molecule has 0 heterocycles. The summed E-state index contributed by atoms with van der Waals surface area (Å²) in [6.07, 6.45) is -0.881. The molecular weight excluding hydrogens is 360 g/mol. The molecule has 2 aromatic rings. The van der Waals surface area contributed by atoms with Crippen molar-refractivity contribution in [3.05, 3.63) is 69.8 Å². The molecule has 0 aliphatic heterocycles. The average Bonchev–Trinajstić information content (AvgIpc) is 2.61. The molecule has 0 saturated carbocycles. The fourth-order valence-corrected chi connectivity index (χ4v) is 2.27. The minimum Gasteiger partial charge on any atom is -0.480 e. The number of nitro groups is 1. The number of nitrogens with one attached hydrogen (secondary N) is 1. The number of nitro benzene ring substituents is 1. The Morgan fingerprint density at radius 3 is 2.26 bits per heavy atom. The van der Waals surface area contributed by atoms with Gasteiger partial charge in [0.25, 0.3) is 5.69 Å². The molecule has 1 amide bonds. The Labute approximate surface area is 152 Å². The Morgan fingerprint density at radius 1 is 1.07 bits per heavy atom. The zero-order chi connectivity index (χ0) is 20.0. The molecule has 0 bridgehead atoms. The summed E-state index contributed by atoms with van der Waals surface area (Å²) >= 11 is 0. The van der Waals surface area contributed by atoms with E-state index in [1.54, 1.807) is 30.3 Å². The summed E-state index contributed by atoms with van der Waals surface area (Å²) in [5.74, 6) is -5.59. The first kappa shape index (κ1) is 19.4. The molecule has 3 N–H and O–H groups in total. The number of carboxylic acid groups (broad SMARTS) is 2. The van der Waals surface area contributed by atoms with Crippen molar-refractivity contribution in [3.63, 3.8) is 0 Å². The smallest absolute Gasteiger partial charge is 0.411 e. The van der Waals surface area contributed by atoms with Crippen molar-refractivity contribution in [2.24, 2.45) is 0 Å². The van der Waals surface area contributed by atoms with Gasteiger partial charge in [-0.3, -0.25) is 25.0 Å². The van der Waals surface area contributed by atoms with Gasteiger partial charge < -0.3 is 14.9 Å². The second-order valence-electron chi connectivity index (χ2n) is 5.33. The molecule has 0 saturated heterocycles. The topological polar surface area (TPSA) is 156 Å². The highest BCUT2D eigenvalue weighted by atomic mass is 16.6. The van der Waals surface area contributed by atoms with E-state index in [1.807, 2.05) is 0 Å². The van der Waals surface area contributed by atoms with Gasteiger partial charge in [-0.2, -0.15) is 0 Å². The molecule has 0 aromatic heterocycles. The van der Waals surface area contributed by atoms with Crippen LogP contribution in [-0.2, 0) is 20.9 Å². The third kappa shape index (κ3) is 5.01. The van der Waals surface area contributed by atoms with Crippen molar-refractivity contribution in [2.75, 3.05) is 5.32 Å². The van der Waals surface area contributed by atoms with Gasteiger partial charge in [0.2, 0.25) is 0 Å². The van der Waals surface area contributed by atoms with E-state index in [2.05, 4.69) is 5.32 Å². The lowest BCUT2D eigenvalue weighted by Gasteiger charge is -2.11. The van der Waals surface area contributed by atoms with Crippen LogP contribution in [0.1, 0.15) is 17.0 Å². The number of nitrogens with zero attached hydrogens (tertiary/aromatic N) is 1. The third-order valence-electron chi connectivity index (χ3n) is 3.49. The van der Waals surface area contributed by atoms with Gasteiger partial charge in [-0.15, -0.1) is 0 Å². The second-order valence-corrected chi connectivity index (χ2v) is 5.33. The molecular formula is C17H14N2O8. The molecule has 0 atom stereocenters. The summed E-state index contributed by atoms with van der Waals surface area (Å²) in [7, 11) is 0. The van der Waals surface area contributed by atoms with Crippen LogP contribution in [-0.4, -0.2) is 33.2 Å². The lowest BCUT2D eigenvalue weighted by atomic mass is 9.97. The van der Waals surface area contributed by atoms with Crippen molar-refractivity contribution in [3.8, 4) is 0 Å². The molecule has 140 valence electrons. The standard InChI is InChI=1S/C17H14N2O8/c20-15(21)14(16(22)23)12-7-6-11(8-13(12)19(25)26)18-17(24)27-9-10-4-2-1-3-5-10/h1-8,14H,9H2,(H,18,24)(H,20,21)(H,22,23). The van der Waals surface area contributed by atoms with Gasteiger partial charge in [-0.05, 0) is 17.7 Å². The molecule has 0 unspecified atom stereocenters. The van der Waals surface area contributed by atoms with Gasteiger partial charge in [0.1, 0.15) is 6.61 Å². The summed E-state index contributed by atoms with van der Waals surface area (Å²) < 4.78 is 4.98. The number of anilines is 1. The Balaban J connectivity index is 2.17. The fraction of sp³-hybridized carbons (Fsp3) is 0.118. The van der Waals surface area contributed by atoms with E-state index in [4.69, 9.17) is 14.9 Å². The minimum absolute atomic E-state index is 0.0209. The first-order valence-electron chi connectivity index (χ1n) is 7.51. The quantitative estimate of drug-likeness (QED) is 0.379. The number of hydrogen-bond acceptors (Lipinski definition) is 6. The zero-order valence-electron chi connectivity index (χ0n) is 13.7. The van der Waals surface area contributed by atoms with Crippen LogP contribution in [0.4, 0.5) is 16.2 Å². The average molecular weight is 374 g/mol.